The van der Waals surface area contributed by atoms with Gasteiger partial charge in [0.05, 0.1) is 11.7 Å². The molecule has 6 nitrogen and oxygen atoms in total. The van der Waals surface area contributed by atoms with E-state index in [9.17, 15) is 18.0 Å². The summed E-state index contributed by atoms with van der Waals surface area (Å²) in [6, 6.07) is 0. The van der Waals surface area contributed by atoms with Crippen LogP contribution in [0.4, 0.5) is 0 Å². The van der Waals surface area contributed by atoms with Gasteiger partial charge < -0.3 is 10.4 Å². The Hall–Kier alpha value is -1.11. The number of carbonyl (C=O) groups excluding carboxylic acids is 1. The molecule has 0 aliphatic heterocycles. The summed E-state index contributed by atoms with van der Waals surface area (Å²) >= 11 is 0. The Bertz CT molecular complexity index is 363. The highest BCUT2D eigenvalue weighted by Crippen LogP contribution is 2.04. The molecule has 0 fully saturated rings. The van der Waals surface area contributed by atoms with Gasteiger partial charge in [-0.1, -0.05) is 6.92 Å². The third-order valence-corrected chi connectivity index (χ3v) is 3.20. The third kappa shape index (κ3) is 9.80. The van der Waals surface area contributed by atoms with Gasteiger partial charge in [0, 0.05) is 19.2 Å². The van der Waals surface area contributed by atoms with Gasteiger partial charge in [-0.05, 0) is 12.8 Å². The zero-order valence-electron chi connectivity index (χ0n) is 10.1. The summed E-state index contributed by atoms with van der Waals surface area (Å²) in [4.78, 5) is 21.7. The van der Waals surface area contributed by atoms with E-state index in [0.717, 1.165) is 6.26 Å². The van der Waals surface area contributed by atoms with Crippen molar-refractivity contribution in [2.24, 2.45) is 5.92 Å². The summed E-state index contributed by atoms with van der Waals surface area (Å²) in [5, 5.41) is 11.2. The van der Waals surface area contributed by atoms with Crippen LogP contribution in [0, 0.1) is 5.92 Å². The van der Waals surface area contributed by atoms with E-state index in [2.05, 4.69) is 5.32 Å². The van der Waals surface area contributed by atoms with Gasteiger partial charge >= 0.3 is 5.97 Å². The van der Waals surface area contributed by atoms with Crippen molar-refractivity contribution in [1.29, 1.82) is 0 Å². The van der Waals surface area contributed by atoms with Crippen LogP contribution in [0.1, 0.15) is 26.2 Å². The average molecular weight is 265 g/mol. The molecule has 1 unspecified atom stereocenters. The van der Waals surface area contributed by atoms with Crippen LogP contribution < -0.4 is 5.32 Å². The summed E-state index contributed by atoms with van der Waals surface area (Å²) in [5.74, 6) is -1.76. The van der Waals surface area contributed by atoms with E-state index in [4.69, 9.17) is 5.11 Å². The number of hydrogen-bond donors (Lipinski definition) is 2. The highest BCUT2D eigenvalue weighted by molar-refractivity contribution is 7.90. The van der Waals surface area contributed by atoms with Crippen molar-refractivity contribution in [3.05, 3.63) is 0 Å². The minimum Gasteiger partial charge on any atom is -0.481 e. The van der Waals surface area contributed by atoms with E-state index in [0.29, 0.717) is 19.4 Å². The molecule has 17 heavy (non-hydrogen) atoms. The number of nitrogens with one attached hydrogen (secondary N) is 1. The Kier molecular flexibility index (Phi) is 6.79. The Morgan fingerprint density at radius 3 is 2.41 bits per heavy atom. The van der Waals surface area contributed by atoms with Crippen molar-refractivity contribution in [2.45, 2.75) is 26.2 Å². The van der Waals surface area contributed by atoms with Gasteiger partial charge in [0.1, 0.15) is 9.84 Å². The maximum atomic E-state index is 11.2. The molecule has 7 heteroatoms. The molecular weight excluding hydrogens is 246 g/mol. The number of carboxylic acids is 1. The Labute approximate surface area is 101 Å². The molecule has 0 aromatic carbocycles. The smallest absolute Gasteiger partial charge is 0.306 e. The first kappa shape index (κ1) is 15.9. The van der Waals surface area contributed by atoms with E-state index in [1.165, 1.54) is 0 Å². The predicted molar refractivity (Wildman–Crippen MR) is 63.4 cm³/mol. The Morgan fingerprint density at radius 1 is 1.35 bits per heavy atom. The molecule has 0 aliphatic carbocycles. The first-order chi connectivity index (χ1) is 7.72. The molecule has 0 saturated heterocycles. The third-order valence-electron chi connectivity index (χ3n) is 2.26. The quantitative estimate of drug-likeness (QED) is 0.603. The van der Waals surface area contributed by atoms with E-state index in [1.807, 2.05) is 0 Å². The van der Waals surface area contributed by atoms with Gasteiger partial charge in [0.2, 0.25) is 5.91 Å². The van der Waals surface area contributed by atoms with Gasteiger partial charge in [0.15, 0.2) is 0 Å². The summed E-state index contributed by atoms with van der Waals surface area (Å²) in [5.41, 5.74) is 0. The predicted octanol–water partition coefficient (Wildman–Crippen LogP) is 0.0382. The molecule has 2 N–H and O–H groups in total. The van der Waals surface area contributed by atoms with Crippen LogP contribution in [-0.4, -0.2) is 44.0 Å². The van der Waals surface area contributed by atoms with Crippen molar-refractivity contribution in [3.63, 3.8) is 0 Å². The molecule has 0 radical (unpaired) electrons. The maximum absolute atomic E-state index is 11.2. The molecule has 0 saturated carbocycles. The fourth-order valence-electron chi connectivity index (χ4n) is 1.13. The van der Waals surface area contributed by atoms with E-state index in [1.54, 1.807) is 6.92 Å². The molecule has 0 bridgehead atoms. The summed E-state index contributed by atoms with van der Waals surface area (Å²) < 4.78 is 21.6. The fourth-order valence-corrected chi connectivity index (χ4v) is 1.68. The topological polar surface area (TPSA) is 101 Å². The lowest BCUT2D eigenvalue weighted by Gasteiger charge is -2.07. The van der Waals surface area contributed by atoms with E-state index >= 15 is 0 Å². The van der Waals surface area contributed by atoms with Crippen LogP contribution in [0.3, 0.4) is 0 Å². The standard InChI is InChI=1S/C10H19NO5S/c1-8(10(13)14)4-3-6-11-9(12)5-7-17(2,15)16/h8H,3-7H2,1-2H3,(H,11,12)(H,13,14). The fraction of sp³-hybridized carbons (Fsp3) is 0.800. The first-order valence-corrected chi connectivity index (χ1v) is 7.45. The van der Waals surface area contributed by atoms with E-state index < -0.39 is 21.7 Å². The zero-order valence-corrected chi connectivity index (χ0v) is 10.9. The first-order valence-electron chi connectivity index (χ1n) is 5.39. The Balaban J connectivity index is 3.62. The van der Waals surface area contributed by atoms with E-state index in [-0.39, 0.29) is 18.1 Å². The second-order valence-corrected chi connectivity index (χ2v) is 6.37. The average Bonchev–Trinajstić information content (AvgIpc) is 2.20. The maximum Gasteiger partial charge on any atom is 0.306 e. The van der Waals surface area contributed by atoms with Crippen LogP contribution in [-0.2, 0) is 19.4 Å². The van der Waals surface area contributed by atoms with Crippen LogP contribution >= 0.6 is 0 Å². The van der Waals surface area contributed by atoms with Gasteiger partial charge in [-0.2, -0.15) is 0 Å². The lowest BCUT2D eigenvalue weighted by molar-refractivity contribution is -0.141. The van der Waals surface area contributed by atoms with Crippen LogP contribution in [0.2, 0.25) is 0 Å². The van der Waals surface area contributed by atoms with Crippen molar-refractivity contribution in [3.8, 4) is 0 Å². The van der Waals surface area contributed by atoms with Crippen LogP contribution in [0.25, 0.3) is 0 Å². The Morgan fingerprint density at radius 2 is 1.94 bits per heavy atom. The minimum absolute atomic E-state index is 0.0483. The molecule has 0 rings (SSSR count). The highest BCUT2D eigenvalue weighted by Gasteiger charge is 2.11. The summed E-state index contributed by atoms with van der Waals surface area (Å²) in [6.45, 7) is 1.98. The molecule has 1 amide bonds. The number of hydrogen-bond acceptors (Lipinski definition) is 4. The van der Waals surface area contributed by atoms with Gasteiger partial charge in [0.25, 0.3) is 0 Å². The normalized spacial score (nSPS) is 13.1. The summed E-state index contributed by atoms with van der Waals surface area (Å²) in [7, 11) is -3.11. The van der Waals surface area contributed by atoms with Crippen molar-refractivity contribution in [1.82, 2.24) is 5.32 Å². The molecule has 0 aromatic heterocycles. The number of aliphatic carboxylic acids is 1. The second-order valence-electron chi connectivity index (χ2n) is 4.11. The zero-order chi connectivity index (χ0) is 13.5. The van der Waals surface area contributed by atoms with Gasteiger partial charge in [-0.3, -0.25) is 9.59 Å². The number of amides is 1. The number of carboxylic acid groups (broad SMARTS) is 1. The number of sulfone groups is 1. The molecule has 0 aliphatic rings. The molecule has 1 atom stereocenters. The number of rotatable bonds is 8. The largest absolute Gasteiger partial charge is 0.481 e. The van der Waals surface area contributed by atoms with Crippen molar-refractivity contribution in [2.75, 3.05) is 18.6 Å². The lowest BCUT2D eigenvalue weighted by atomic mass is 10.1. The molecule has 100 valence electrons. The minimum atomic E-state index is -3.11. The SMILES string of the molecule is CC(CCCNC(=O)CCS(C)(=O)=O)C(=O)O. The summed E-state index contributed by atoms with van der Waals surface area (Å²) in [6.07, 6.45) is 2.09. The molecule has 0 spiro atoms. The second kappa shape index (κ2) is 7.26. The van der Waals surface area contributed by atoms with Crippen molar-refractivity contribution >= 4 is 21.7 Å². The monoisotopic (exact) mass is 265 g/mol. The molecule has 0 heterocycles. The van der Waals surface area contributed by atoms with Crippen LogP contribution in [0.15, 0.2) is 0 Å². The molecule has 0 aromatic rings. The van der Waals surface area contributed by atoms with Crippen LogP contribution in [0.5, 0.6) is 0 Å². The number of carbonyl (C=O) groups is 2. The highest BCUT2D eigenvalue weighted by atomic mass is 32.2. The van der Waals surface area contributed by atoms with Crippen molar-refractivity contribution < 1.29 is 23.1 Å². The molecular formula is C10H19NO5S. The van der Waals surface area contributed by atoms with Gasteiger partial charge in [-0.15, -0.1) is 0 Å². The van der Waals surface area contributed by atoms with Gasteiger partial charge in [-0.25, -0.2) is 8.42 Å². The lowest BCUT2D eigenvalue weighted by Crippen LogP contribution is -2.26.